The number of carboxylic acid groups (broad SMARTS) is 1. The fraction of sp³-hybridized carbons (Fsp3) is 0.700. The molecule has 3 nitrogen and oxygen atoms in total. The third-order valence-corrected chi connectivity index (χ3v) is 2.30. The molecule has 3 heteroatoms. The molecule has 0 saturated carbocycles. The zero-order chi connectivity index (χ0) is 10.1. The molecule has 0 aromatic rings. The number of hydrogen-bond acceptors (Lipinski definition) is 2. The van der Waals surface area contributed by atoms with E-state index in [9.17, 15) is 4.79 Å². The van der Waals surface area contributed by atoms with Gasteiger partial charge in [-0.1, -0.05) is 11.6 Å². The van der Waals surface area contributed by atoms with Gasteiger partial charge in [0.15, 0.2) is 6.10 Å². The molecule has 0 amide bonds. The molecule has 1 aliphatic rings. The Morgan fingerprint density at radius 2 is 2.23 bits per heavy atom. The van der Waals surface area contributed by atoms with Crippen LogP contribution >= 0.6 is 0 Å². The van der Waals surface area contributed by atoms with Crippen LogP contribution < -0.4 is 0 Å². The van der Waals surface area contributed by atoms with Gasteiger partial charge < -0.3 is 9.84 Å². The largest absolute Gasteiger partial charge is 0.479 e. The molecule has 0 aromatic carbocycles. The van der Waals surface area contributed by atoms with Crippen molar-refractivity contribution in [3.63, 3.8) is 0 Å². The summed E-state index contributed by atoms with van der Waals surface area (Å²) in [6.45, 7) is 5.92. The van der Waals surface area contributed by atoms with Crippen LogP contribution in [0.2, 0.25) is 0 Å². The quantitative estimate of drug-likeness (QED) is 0.537. The van der Waals surface area contributed by atoms with E-state index in [4.69, 9.17) is 9.84 Å². The Morgan fingerprint density at radius 1 is 1.62 bits per heavy atom. The molecule has 2 atom stereocenters. The fourth-order valence-corrected chi connectivity index (χ4v) is 1.38. The van der Waals surface area contributed by atoms with E-state index in [0.29, 0.717) is 0 Å². The number of aliphatic carboxylic acids is 1. The van der Waals surface area contributed by atoms with Crippen LogP contribution in [0.5, 0.6) is 0 Å². The lowest BCUT2D eigenvalue weighted by Crippen LogP contribution is -2.16. The van der Waals surface area contributed by atoms with Gasteiger partial charge in [-0.2, -0.15) is 0 Å². The molecular formula is C10H16O3. The van der Waals surface area contributed by atoms with E-state index in [1.54, 1.807) is 0 Å². The average molecular weight is 184 g/mol. The van der Waals surface area contributed by atoms with Crippen LogP contribution in [0.15, 0.2) is 11.6 Å². The highest BCUT2D eigenvalue weighted by Crippen LogP contribution is 2.40. The van der Waals surface area contributed by atoms with E-state index < -0.39 is 17.7 Å². The first kappa shape index (κ1) is 10.3. The maximum atomic E-state index is 10.5. The molecular weight excluding hydrogens is 168 g/mol. The predicted molar refractivity (Wildman–Crippen MR) is 49.6 cm³/mol. The summed E-state index contributed by atoms with van der Waals surface area (Å²) in [5.74, 6) is -0.847. The maximum Gasteiger partial charge on any atom is 0.335 e. The molecule has 0 aromatic heterocycles. The minimum absolute atomic E-state index is 0.419. The Hall–Kier alpha value is -0.830. The van der Waals surface area contributed by atoms with Gasteiger partial charge >= 0.3 is 5.97 Å². The Bertz CT molecular complexity index is 241. The molecule has 1 heterocycles. The molecule has 0 radical (unpaired) electrons. The molecule has 13 heavy (non-hydrogen) atoms. The SMILES string of the molecule is CC(C)=CCC[C@@]1(C)O[C@H]1C(=O)O. The third kappa shape index (κ3) is 2.56. The second kappa shape index (κ2) is 3.50. The van der Waals surface area contributed by atoms with Crippen molar-refractivity contribution in [2.45, 2.75) is 45.3 Å². The lowest BCUT2D eigenvalue weighted by atomic mass is 10.0. The summed E-state index contributed by atoms with van der Waals surface area (Å²) in [7, 11) is 0. The second-order valence-electron chi connectivity index (χ2n) is 3.97. The molecule has 0 unspecified atom stereocenters. The maximum absolute atomic E-state index is 10.5. The highest BCUT2D eigenvalue weighted by atomic mass is 16.6. The van der Waals surface area contributed by atoms with Crippen molar-refractivity contribution in [3.8, 4) is 0 Å². The lowest BCUT2D eigenvalue weighted by Gasteiger charge is -2.01. The van der Waals surface area contributed by atoms with Crippen LogP contribution in [0.3, 0.4) is 0 Å². The average Bonchev–Trinajstić information content (AvgIpc) is 2.62. The first-order valence-corrected chi connectivity index (χ1v) is 4.50. The minimum Gasteiger partial charge on any atom is -0.479 e. The Labute approximate surface area is 78.4 Å². The van der Waals surface area contributed by atoms with E-state index in [1.165, 1.54) is 5.57 Å². The van der Waals surface area contributed by atoms with Crippen molar-refractivity contribution in [1.29, 1.82) is 0 Å². The zero-order valence-corrected chi connectivity index (χ0v) is 8.33. The first-order valence-electron chi connectivity index (χ1n) is 4.50. The molecule has 1 saturated heterocycles. The monoisotopic (exact) mass is 184 g/mol. The number of carboxylic acids is 1. The van der Waals surface area contributed by atoms with Gasteiger partial charge in [0, 0.05) is 0 Å². The van der Waals surface area contributed by atoms with Gasteiger partial charge in [0.1, 0.15) is 5.60 Å². The van der Waals surface area contributed by atoms with Crippen molar-refractivity contribution in [3.05, 3.63) is 11.6 Å². The van der Waals surface area contributed by atoms with Crippen LogP contribution in [0.1, 0.15) is 33.6 Å². The third-order valence-electron chi connectivity index (χ3n) is 2.30. The van der Waals surface area contributed by atoms with Crippen LogP contribution in [0, 0.1) is 0 Å². The van der Waals surface area contributed by atoms with Crippen LogP contribution in [0.25, 0.3) is 0 Å². The number of allylic oxidation sites excluding steroid dienone is 2. The molecule has 0 aliphatic carbocycles. The summed E-state index contributed by atoms with van der Waals surface area (Å²) in [5.41, 5.74) is 0.841. The highest BCUT2D eigenvalue weighted by Gasteiger charge is 2.56. The summed E-state index contributed by atoms with van der Waals surface area (Å²) >= 11 is 0. The van der Waals surface area contributed by atoms with Gasteiger partial charge in [-0.25, -0.2) is 4.79 Å². The summed E-state index contributed by atoms with van der Waals surface area (Å²) in [6.07, 6.45) is 3.20. The van der Waals surface area contributed by atoms with Gasteiger partial charge in [-0.15, -0.1) is 0 Å². The summed E-state index contributed by atoms with van der Waals surface area (Å²) in [4.78, 5) is 10.5. The molecule has 1 rings (SSSR count). The number of carbonyl (C=O) groups is 1. The normalized spacial score (nSPS) is 31.2. The fourth-order valence-electron chi connectivity index (χ4n) is 1.38. The van der Waals surface area contributed by atoms with Gasteiger partial charge in [0.2, 0.25) is 0 Å². The van der Waals surface area contributed by atoms with Crippen LogP contribution in [0.4, 0.5) is 0 Å². The van der Waals surface area contributed by atoms with Gasteiger partial charge in [0.25, 0.3) is 0 Å². The number of ether oxygens (including phenoxy) is 1. The summed E-state index contributed by atoms with van der Waals surface area (Å²) < 4.78 is 5.12. The first-order chi connectivity index (χ1) is 5.96. The Morgan fingerprint density at radius 3 is 2.62 bits per heavy atom. The predicted octanol–water partition coefficient (Wildman–Crippen LogP) is 1.97. The lowest BCUT2D eigenvalue weighted by molar-refractivity contribution is -0.138. The second-order valence-corrected chi connectivity index (χ2v) is 3.97. The molecule has 0 bridgehead atoms. The molecule has 74 valence electrons. The van der Waals surface area contributed by atoms with E-state index in [1.807, 2.05) is 20.8 Å². The van der Waals surface area contributed by atoms with Crippen molar-refractivity contribution < 1.29 is 14.6 Å². The van der Waals surface area contributed by atoms with Gasteiger partial charge in [0.05, 0.1) is 0 Å². The summed E-state index contributed by atoms with van der Waals surface area (Å²) in [6, 6.07) is 0. The molecule has 1 aliphatic heterocycles. The molecule has 0 spiro atoms. The Balaban J connectivity index is 2.32. The minimum atomic E-state index is -0.847. The van der Waals surface area contributed by atoms with Crippen molar-refractivity contribution in [2.75, 3.05) is 0 Å². The van der Waals surface area contributed by atoms with E-state index in [-0.39, 0.29) is 0 Å². The van der Waals surface area contributed by atoms with E-state index in [2.05, 4.69) is 6.08 Å². The van der Waals surface area contributed by atoms with Crippen LogP contribution in [-0.4, -0.2) is 22.8 Å². The number of rotatable bonds is 4. The molecule has 1 fully saturated rings. The van der Waals surface area contributed by atoms with Gasteiger partial charge in [-0.3, -0.25) is 0 Å². The number of hydrogen-bond donors (Lipinski definition) is 1. The zero-order valence-electron chi connectivity index (χ0n) is 8.33. The van der Waals surface area contributed by atoms with Crippen molar-refractivity contribution >= 4 is 5.97 Å². The van der Waals surface area contributed by atoms with Crippen molar-refractivity contribution in [1.82, 2.24) is 0 Å². The van der Waals surface area contributed by atoms with E-state index >= 15 is 0 Å². The summed E-state index contributed by atoms with van der Waals surface area (Å²) in [5, 5.41) is 8.66. The highest BCUT2D eigenvalue weighted by molar-refractivity contribution is 5.77. The molecule has 1 N–H and O–H groups in total. The van der Waals surface area contributed by atoms with Crippen LogP contribution in [-0.2, 0) is 9.53 Å². The van der Waals surface area contributed by atoms with Gasteiger partial charge in [-0.05, 0) is 33.6 Å². The van der Waals surface area contributed by atoms with Crippen molar-refractivity contribution in [2.24, 2.45) is 0 Å². The number of epoxide rings is 1. The standard InChI is InChI=1S/C10H16O3/c1-7(2)5-4-6-10(3)8(13-10)9(11)12/h5,8H,4,6H2,1-3H3,(H,11,12)/t8-,10+/m0/s1. The topological polar surface area (TPSA) is 49.8 Å². The smallest absolute Gasteiger partial charge is 0.335 e. The van der Waals surface area contributed by atoms with E-state index in [0.717, 1.165) is 12.8 Å². The Kier molecular flexibility index (Phi) is 2.76.